The number of ether oxygens (including phenoxy) is 3. The van der Waals surface area contributed by atoms with Gasteiger partial charge in [0, 0.05) is 10.9 Å². The first kappa shape index (κ1) is 19.5. The van der Waals surface area contributed by atoms with Crippen molar-refractivity contribution in [1.82, 2.24) is 0 Å². The number of nitrogens with one attached hydrogen (secondary N) is 1. The maximum atomic E-state index is 12.4. The van der Waals surface area contributed by atoms with Crippen LogP contribution in [0.2, 0.25) is 0 Å². The number of hydrogen-bond donors (Lipinski definition) is 1. The second-order valence-electron chi connectivity index (χ2n) is 5.78. The van der Waals surface area contributed by atoms with E-state index in [0.717, 1.165) is 4.88 Å². The third-order valence-electron chi connectivity index (χ3n) is 3.80. The lowest BCUT2D eigenvalue weighted by Gasteiger charge is -2.06. The molecular weight excluding hydrogens is 382 g/mol. The summed E-state index contributed by atoms with van der Waals surface area (Å²) in [7, 11) is 2.87. The van der Waals surface area contributed by atoms with Crippen molar-refractivity contribution in [1.29, 1.82) is 0 Å². The van der Waals surface area contributed by atoms with Crippen molar-refractivity contribution in [3.05, 3.63) is 64.4 Å². The Kier molecular flexibility index (Phi) is 6.00. The van der Waals surface area contributed by atoms with Gasteiger partial charge in [0.25, 0.3) is 5.91 Å². The molecule has 0 spiro atoms. The van der Waals surface area contributed by atoms with Gasteiger partial charge >= 0.3 is 5.97 Å². The molecule has 0 bridgehead atoms. The fourth-order valence-corrected chi connectivity index (χ4v) is 3.35. The molecule has 0 aliphatic carbocycles. The number of rotatable bonds is 7. The number of thiophene rings is 1. The third-order valence-corrected chi connectivity index (χ3v) is 4.76. The number of aryl methyl sites for hydroxylation is 1. The van der Waals surface area contributed by atoms with Crippen LogP contribution in [-0.2, 0) is 11.3 Å². The molecular formula is C20H19NO6S. The Bertz CT molecular complexity index is 990. The van der Waals surface area contributed by atoms with Gasteiger partial charge in [-0.1, -0.05) is 6.07 Å². The Hall–Kier alpha value is -3.26. The van der Waals surface area contributed by atoms with E-state index in [0.29, 0.717) is 27.8 Å². The quantitative estimate of drug-likeness (QED) is 0.595. The highest BCUT2D eigenvalue weighted by molar-refractivity contribution is 7.16. The van der Waals surface area contributed by atoms with Crippen molar-refractivity contribution in [2.24, 2.45) is 0 Å². The topological polar surface area (TPSA) is 87.0 Å². The summed E-state index contributed by atoms with van der Waals surface area (Å²) < 4.78 is 21.1. The van der Waals surface area contributed by atoms with Crippen LogP contribution in [0.4, 0.5) is 5.00 Å². The molecule has 28 heavy (non-hydrogen) atoms. The maximum Gasteiger partial charge on any atom is 0.340 e. The normalized spacial score (nSPS) is 10.4. The fraction of sp³-hybridized carbons (Fsp3) is 0.200. The summed E-state index contributed by atoms with van der Waals surface area (Å²) in [5.41, 5.74) is 0.312. The molecule has 1 N–H and O–H groups in total. The Morgan fingerprint density at radius 3 is 2.64 bits per heavy atom. The highest BCUT2D eigenvalue weighted by Gasteiger charge is 2.19. The van der Waals surface area contributed by atoms with Crippen LogP contribution in [0.5, 0.6) is 11.5 Å². The number of carbonyl (C=O) groups is 2. The third kappa shape index (κ3) is 4.52. The minimum Gasteiger partial charge on any atom is -0.497 e. The summed E-state index contributed by atoms with van der Waals surface area (Å²) in [5, 5.41) is 3.11. The van der Waals surface area contributed by atoms with E-state index in [9.17, 15) is 9.59 Å². The molecule has 0 saturated heterocycles. The molecule has 0 aliphatic rings. The van der Waals surface area contributed by atoms with Gasteiger partial charge in [0.15, 0.2) is 5.76 Å². The van der Waals surface area contributed by atoms with Crippen LogP contribution < -0.4 is 14.8 Å². The fourth-order valence-electron chi connectivity index (χ4n) is 2.46. The van der Waals surface area contributed by atoms with Crippen molar-refractivity contribution >= 4 is 28.2 Å². The number of hydrogen-bond acceptors (Lipinski definition) is 7. The van der Waals surface area contributed by atoms with Gasteiger partial charge in [0.1, 0.15) is 28.9 Å². The van der Waals surface area contributed by atoms with Crippen LogP contribution in [0.3, 0.4) is 0 Å². The first-order valence-electron chi connectivity index (χ1n) is 8.36. The van der Waals surface area contributed by atoms with E-state index in [1.807, 2.05) is 19.1 Å². The van der Waals surface area contributed by atoms with Crippen molar-refractivity contribution in [3.63, 3.8) is 0 Å². The second kappa shape index (κ2) is 8.62. The van der Waals surface area contributed by atoms with Crippen molar-refractivity contribution in [2.75, 3.05) is 19.5 Å². The molecule has 0 saturated carbocycles. The smallest absolute Gasteiger partial charge is 0.340 e. The Morgan fingerprint density at radius 2 is 1.89 bits per heavy atom. The van der Waals surface area contributed by atoms with E-state index < -0.39 is 11.9 Å². The van der Waals surface area contributed by atoms with Gasteiger partial charge < -0.3 is 23.9 Å². The van der Waals surface area contributed by atoms with Gasteiger partial charge in [-0.25, -0.2) is 4.79 Å². The molecule has 0 radical (unpaired) electrons. The number of esters is 1. The molecule has 146 valence electrons. The minimum absolute atomic E-state index is 0.117. The lowest BCUT2D eigenvalue weighted by atomic mass is 10.3. The van der Waals surface area contributed by atoms with Crippen LogP contribution in [0.1, 0.15) is 31.6 Å². The average molecular weight is 401 g/mol. The number of benzene rings is 1. The predicted octanol–water partition coefficient (Wildman–Crippen LogP) is 4.28. The summed E-state index contributed by atoms with van der Waals surface area (Å²) in [6, 6.07) is 12.1. The van der Waals surface area contributed by atoms with Gasteiger partial charge in [-0.15, -0.1) is 11.3 Å². The van der Waals surface area contributed by atoms with Gasteiger partial charge in [-0.05, 0) is 37.3 Å². The van der Waals surface area contributed by atoms with E-state index in [1.165, 1.54) is 18.4 Å². The van der Waals surface area contributed by atoms with E-state index in [-0.39, 0.29) is 12.4 Å². The number of anilines is 1. The highest BCUT2D eigenvalue weighted by atomic mass is 32.1. The molecule has 2 heterocycles. The molecule has 1 aromatic carbocycles. The Morgan fingerprint density at radius 1 is 1.11 bits per heavy atom. The zero-order chi connectivity index (χ0) is 20.1. The van der Waals surface area contributed by atoms with Crippen LogP contribution in [0.25, 0.3) is 0 Å². The molecule has 0 fully saturated rings. The van der Waals surface area contributed by atoms with E-state index >= 15 is 0 Å². The molecule has 3 rings (SSSR count). The molecule has 0 aliphatic heterocycles. The number of furan rings is 1. The van der Waals surface area contributed by atoms with Crippen LogP contribution >= 0.6 is 11.3 Å². The van der Waals surface area contributed by atoms with Crippen LogP contribution in [-0.4, -0.2) is 26.1 Å². The van der Waals surface area contributed by atoms with Gasteiger partial charge in [-0.2, -0.15) is 0 Å². The summed E-state index contributed by atoms with van der Waals surface area (Å²) in [4.78, 5) is 25.1. The highest BCUT2D eigenvalue weighted by Crippen LogP contribution is 2.29. The molecule has 3 aromatic rings. The summed E-state index contributed by atoms with van der Waals surface area (Å²) >= 11 is 1.29. The number of amides is 1. The lowest BCUT2D eigenvalue weighted by molar-refractivity contribution is 0.0602. The number of methoxy groups -OCH3 is 2. The second-order valence-corrected chi connectivity index (χ2v) is 7.04. The largest absolute Gasteiger partial charge is 0.497 e. The first-order chi connectivity index (χ1) is 13.5. The standard InChI is InChI=1S/C20H19NO6S/c1-12-9-16(20(23)25-3)19(28-12)21-18(22)17-8-7-15(27-17)11-26-14-6-4-5-13(10-14)24-2/h4-10H,11H2,1-3H3,(H,21,22). The molecule has 7 nitrogen and oxygen atoms in total. The SMILES string of the molecule is COC(=O)c1cc(C)sc1NC(=O)c1ccc(COc2cccc(OC)c2)o1. The van der Waals surface area contributed by atoms with E-state index in [4.69, 9.17) is 18.6 Å². The van der Waals surface area contributed by atoms with Gasteiger partial charge in [0.05, 0.1) is 19.8 Å². The molecule has 0 unspecified atom stereocenters. The monoisotopic (exact) mass is 401 g/mol. The predicted molar refractivity (Wildman–Crippen MR) is 104 cm³/mol. The van der Waals surface area contributed by atoms with Crippen LogP contribution in [0, 0.1) is 6.92 Å². The average Bonchev–Trinajstić information content (AvgIpc) is 3.32. The Balaban J connectivity index is 1.65. The summed E-state index contributed by atoms with van der Waals surface area (Å²) in [6.45, 7) is 2.00. The van der Waals surface area contributed by atoms with Gasteiger partial charge in [0.2, 0.25) is 0 Å². The van der Waals surface area contributed by atoms with Crippen molar-refractivity contribution < 1.29 is 28.2 Å². The molecule has 2 aromatic heterocycles. The first-order valence-corrected chi connectivity index (χ1v) is 9.17. The maximum absolute atomic E-state index is 12.4. The zero-order valence-corrected chi connectivity index (χ0v) is 16.4. The summed E-state index contributed by atoms with van der Waals surface area (Å²) in [5.74, 6) is 0.948. The lowest BCUT2D eigenvalue weighted by Crippen LogP contribution is -2.13. The minimum atomic E-state index is -0.508. The van der Waals surface area contributed by atoms with Crippen LogP contribution in [0.15, 0.2) is 46.9 Å². The number of carbonyl (C=O) groups excluding carboxylic acids is 2. The summed E-state index contributed by atoms with van der Waals surface area (Å²) in [6.07, 6.45) is 0. The van der Waals surface area contributed by atoms with Gasteiger partial charge in [-0.3, -0.25) is 4.79 Å². The molecule has 1 amide bonds. The zero-order valence-electron chi connectivity index (χ0n) is 15.6. The molecule has 8 heteroatoms. The van der Waals surface area contributed by atoms with E-state index in [1.54, 1.807) is 37.4 Å². The van der Waals surface area contributed by atoms with Crippen molar-refractivity contribution in [2.45, 2.75) is 13.5 Å². The van der Waals surface area contributed by atoms with Crippen molar-refractivity contribution in [3.8, 4) is 11.5 Å². The Labute approximate surface area is 165 Å². The van der Waals surface area contributed by atoms with E-state index in [2.05, 4.69) is 5.32 Å². The molecule has 0 atom stereocenters.